The smallest absolute Gasteiger partial charge is 0.186 e. The van der Waals surface area contributed by atoms with Gasteiger partial charge in [-0.05, 0) is 37.1 Å². The summed E-state index contributed by atoms with van der Waals surface area (Å²) in [5.74, 6) is 0.742. The lowest BCUT2D eigenvalue weighted by atomic mass is 10.1. The molecule has 0 aromatic heterocycles. The molecule has 1 aromatic carbocycles. The Morgan fingerprint density at radius 2 is 1.92 bits per heavy atom. The van der Waals surface area contributed by atoms with Crippen LogP contribution in [-0.2, 0) is 11.1 Å². The minimum absolute atomic E-state index is 0.443. The standard InChI is InChI=1S/C9H12O3S/c1-6-5-9(13(10)11)7(2)4-8(6)12-3/h4-5H,1-3H3,(H,10,11). The highest BCUT2D eigenvalue weighted by atomic mass is 32.2. The Labute approximate surface area is 80.0 Å². The lowest BCUT2D eigenvalue weighted by Gasteiger charge is -2.08. The number of aryl methyl sites for hydroxylation is 2. The second-order valence-corrected chi connectivity index (χ2v) is 3.77. The molecule has 1 rings (SSSR count). The third-order valence-corrected chi connectivity index (χ3v) is 2.70. The summed E-state index contributed by atoms with van der Waals surface area (Å²) >= 11 is -1.92. The topological polar surface area (TPSA) is 46.5 Å². The number of methoxy groups -OCH3 is 1. The van der Waals surface area contributed by atoms with Crippen molar-refractivity contribution < 1.29 is 13.5 Å². The molecule has 0 aliphatic heterocycles. The van der Waals surface area contributed by atoms with E-state index in [1.807, 2.05) is 6.92 Å². The lowest BCUT2D eigenvalue weighted by Crippen LogP contribution is -1.96. The van der Waals surface area contributed by atoms with E-state index in [2.05, 4.69) is 0 Å². The van der Waals surface area contributed by atoms with Gasteiger partial charge in [0.15, 0.2) is 11.1 Å². The molecule has 4 heteroatoms. The van der Waals surface area contributed by atoms with Crippen molar-refractivity contribution >= 4 is 11.1 Å². The third kappa shape index (κ3) is 2.08. The minimum Gasteiger partial charge on any atom is -0.496 e. The Hall–Kier alpha value is -0.870. The average Bonchev–Trinajstić information content (AvgIpc) is 2.07. The van der Waals surface area contributed by atoms with Crippen molar-refractivity contribution in [1.29, 1.82) is 0 Å². The fourth-order valence-electron chi connectivity index (χ4n) is 1.17. The van der Waals surface area contributed by atoms with Crippen molar-refractivity contribution in [2.75, 3.05) is 7.11 Å². The summed E-state index contributed by atoms with van der Waals surface area (Å²) in [5, 5.41) is 0. The van der Waals surface area contributed by atoms with Gasteiger partial charge in [-0.3, -0.25) is 0 Å². The zero-order chi connectivity index (χ0) is 10.0. The first-order valence-electron chi connectivity index (χ1n) is 3.82. The molecule has 0 saturated carbocycles. The highest BCUT2D eigenvalue weighted by molar-refractivity contribution is 7.79. The normalized spacial score (nSPS) is 12.6. The molecule has 1 atom stereocenters. The maximum Gasteiger partial charge on any atom is 0.186 e. The molecule has 0 radical (unpaired) electrons. The van der Waals surface area contributed by atoms with E-state index in [1.165, 1.54) is 0 Å². The molecule has 1 aromatic rings. The van der Waals surface area contributed by atoms with E-state index in [9.17, 15) is 4.21 Å². The second kappa shape index (κ2) is 3.89. The predicted octanol–water partition coefficient (Wildman–Crippen LogP) is 1.89. The Balaban J connectivity index is 3.28. The largest absolute Gasteiger partial charge is 0.496 e. The van der Waals surface area contributed by atoms with Crippen molar-refractivity contribution in [2.24, 2.45) is 0 Å². The van der Waals surface area contributed by atoms with Crippen LogP contribution in [0.4, 0.5) is 0 Å². The second-order valence-electron chi connectivity index (χ2n) is 2.84. The van der Waals surface area contributed by atoms with Crippen molar-refractivity contribution in [3.8, 4) is 5.75 Å². The molecular weight excluding hydrogens is 188 g/mol. The molecule has 1 unspecified atom stereocenters. The maximum absolute atomic E-state index is 10.8. The molecule has 0 aliphatic rings. The molecule has 1 N–H and O–H groups in total. The number of ether oxygens (including phenoxy) is 1. The Bertz CT molecular complexity index is 347. The van der Waals surface area contributed by atoms with E-state index in [1.54, 1.807) is 26.2 Å². The monoisotopic (exact) mass is 200 g/mol. The number of benzene rings is 1. The van der Waals surface area contributed by atoms with Crippen LogP contribution in [0.15, 0.2) is 17.0 Å². The number of hydrogen-bond acceptors (Lipinski definition) is 2. The van der Waals surface area contributed by atoms with Crippen LogP contribution in [0.1, 0.15) is 11.1 Å². The summed E-state index contributed by atoms with van der Waals surface area (Å²) < 4.78 is 24.8. The first-order chi connectivity index (χ1) is 6.06. The van der Waals surface area contributed by atoms with Gasteiger partial charge in [0.05, 0.1) is 12.0 Å². The number of hydrogen-bond donors (Lipinski definition) is 1. The Morgan fingerprint density at radius 1 is 1.31 bits per heavy atom. The van der Waals surface area contributed by atoms with Gasteiger partial charge in [0, 0.05) is 0 Å². The van der Waals surface area contributed by atoms with Crippen LogP contribution >= 0.6 is 0 Å². The fraction of sp³-hybridized carbons (Fsp3) is 0.333. The first kappa shape index (κ1) is 10.2. The average molecular weight is 200 g/mol. The van der Waals surface area contributed by atoms with Gasteiger partial charge in [0.2, 0.25) is 0 Å². The summed E-state index contributed by atoms with van der Waals surface area (Å²) in [4.78, 5) is 0.443. The van der Waals surface area contributed by atoms with Crippen molar-refractivity contribution in [3.63, 3.8) is 0 Å². The summed E-state index contributed by atoms with van der Waals surface area (Å²) in [7, 11) is 1.58. The van der Waals surface area contributed by atoms with Gasteiger partial charge in [0.25, 0.3) is 0 Å². The molecule has 13 heavy (non-hydrogen) atoms. The Morgan fingerprint density at radius 3 is 2.38 bits per heavy atom. The molecule has 0 bridgehead atoms. The molecular formula is C9H12O3S. The van der Waals surface area contributed by atoms with Crippen LogP contribution in [0.3, 0.4) is 0 Å². The summed E-state index contributed by atoms with van der Waals surface area (Å²) in [6.07, 6.45) is 0. The van der Waals surface area contributed by atoms with Crippen LogP contribution in [0.25, 0.3) is 0 Å². The van der Waals surface area contributed by atoms with Crippen LogP contribution in [-0.4, -0.2) is 15.9 Å². The molecule has 0 fully saturated rings. The molecule has 72 valence electrons. The highest BCUT2D eigenvalue weighted by Gasteiger charge is 2.08. The summed E-state index contributed by atoms with van der Waals surface area (Å²) in [6, 6.07) is 3.43. The van der Waals surface area contributed by atoms with Crippen molar-refractivity contribution in [1.82, 2.24) is 0 Å². The Kier molecular flexibility index (Phi) is 3.06. The van der Waals surface area contributed by atoms with E-state index in [0.29, 0.717) is 4.90 Å². The van der Waals surface area contributed by atoms with E-state index in [-0.39, 0.29) is 0 Å². The predicted molar refractivity (Wildman–Crippen MR) is 51.5 cm³/mol. The maximum atomic E-state index is 10.8. The summed E-state index contributed by atoms with van der Waals surface area (Å²) in [6.45, 7) is 3.63. The molecule has 0 spiro atoms. The van der Waals surface area contributed by atoms with Crippen LogP contribution in [0.5, 0.6) is 5.75 Å². The first-order valence-corrected chi connectivity index (χ1v) is 4.93. The van der Waals surface area contributed by atoms with Gasteiger partial charge >= 0.3 is 0 Å². The van der Waals surface area contributed by atoms with E-state index >= 15 is 0 Å². The van der Waals surface area contributed by atoms with Crippen LogP contribution < -0.4 is 4.74 Å². The van der Waals surface area contributed by atoms with Gasteiger partial charge < -0.3 is 9.29 Å². The molecule has 0 amide bonds. The lowest BCUT2D eigenvalue weighted by molar-refractivity contribution is 0.411. The van der Waals surface area contributed by atoms with E-state index in [0.717, 1.165) is 16.9 Å². The summed E-state index contributed by atoms with van der Waals surface area (Å²) in [5.41, 5.74) is 1.63. The zero-order valence-electron chi connectivity index (χ0n) is 7.83. The quantitative estimate of drug-likeness (QED) is 0.741. The van der Waals surface area contributed by atoms with Gasteiger partial charge in [-0.15, -0.1) is 0 Å². The molecule has 0 aliphatic carbocycles. The van der Waals surface area contributed by atoms with Crippen LogP contribution in [0, 0.1) is 13.8 Å². The highest BCUT2D eigenvalue weighted by Crippen LogP contribution is 2.23. The fourth-order valence-corrected chi connectivity index (χ4v) is 1.78. The zero-order valence-corrected chi connectivity index (χ0v) is 8.64. The van der Waals surface area contributed by atoms with E-state index < -0.39 is 11.1 Å². The molecule has 3 nitrogen and oxygen atoms in total. The van der Waals surface area contributed by atoms with Gasteiger partial charge in [-0.2, -0.15) is 0 Å². The van der Waals surface area contributed by atoms with Crippen molar-refractivity contribution in [3.05, 3.63) is 23.3 Å². The third-order valence-electron chi connectivity index (χ3n) is 1.88. The minimum atomic E-state index is -1.92. The number of rotatable bonds is 2. The van der Waals surface area contributed by atoms with Gasteiger partial charge in [-0.25, -0.2) is 4.21 Å². The van der Waals surface area contributed by atoms with Crippen molar-refractivity contribution in [2.45, 2.75) is 18.7 Å². The molecule has 0 heterocycles. The van der Waals surface area contributed by atoms with Gasteiger partial charge in [0.1, 0.15) is 5.75 Å². The SMILES string of the molecule is COc1cc(C)c(S(=O)O)cc1C. The van der Waals surface area contributed by atoms with E-state index in [4.69, 9.17) is 9.29 Å². The van der Waals surface area contributed by atoms with Crippen LogP contribution in [0.2, 0.25) is 0 Å². The van der Waals surface area contributed by atoms with Gasteiger partial charge in [-0.1, -0.05) is 0 Å². The molecule has 0 saturated heterocycles.